The van der Waals surface area contributed by atoms with Gasteiger partial charge >= 0.3 is 0 Å². The highest BCUT2D eigenvalue weighted by atomic mass is 35.5. The molecule has 0 aliphatic carbocycles. The van der Waals surface area contributed by atoms with Crippen LogP contribution in [0.3, 0.4) is 0 Å². The minimum atomic E-state index is -0.431. The summed E-state index contributed by atoms with van der Waals surface area (Å²) in [6.45, 7) is 4.36. The van der Waals surface area contributed by atoms with Crippen LogP contribution in [0.2, 0.25) is 0 Å². The largest absolute Gasteiger partial charge is 0.340 e. The number of likely N-dealkylation sites (N-methyl/N-ethyl adjacent to an activating group) is 1. The number of hydrogen-bond acceptors (Lipinski definition) is 2. The van der Waals surface area contributed by atoms with Crippen molar-refractivity contribution in [3.8, 4) is 0 Å². The SMILES string of the molecule is Cc1cccc(CN(C)C(=O)[C@H](C)N)c1.Cl. The molecule has 1 aromatic rings. The third-order valence-electron chi connectivity index (χ3n) is 2.27. The van der Waals surface area contributed by atoms with Gasteiger partial charge in [-0.3, -0.25) is 4.79 Å². The number of carbonyl (C=O) groups is 1. The van der Waals surface area contributed by atoms with Crippen LogP contribution in [0.4, 0.5) is 0 Å². The van der Waals surface area contributed by atoms with E-state index in [1.165, 1.54) is 5.56 Å². The van der Waals surface area contributed by atoms with Gasteiger partial charge in [-0.25, -0.2) is 0 Å². The molecule has 0 saturated heterocycles. The molecule has 0 radical (unpaired) electrons. The Morgan fingerprint density at radius 3 is 2.62 bits per heavy atom. The molecule has 90 valence electrons. The van der Waals surface area contributed by atoms with Crippen LogP contribution in [0.1, 0.15) is 18.1 Å². The van der Waals surface area contributed by atoms with Crippen molar-refractivity contribution in [3.05, 3.63) is 35.4 Å². The van der Waals surface area contributed by atoms with Gasteiger partial charge in [-0.2, -0.15) is 0 Å². The van der Waals surface area contributed by atoms with Gasteiger partial charge < -0.3 is 10.6 Å². The lowest BCUT2D eigenvalue weighted by Gasteiger charge is -2.19. The van der Waals surface area contributed by atoms with E-state index in [4.69, 9.17) is 5.73 Å². The van der Waals surface area contributed by atoms with Gasteiger partial charge in [0.25, 0.3) is 0 Å². The van der Waals surface area contributed by atoms with E-state index in [0.29, 0.717) is 6.54 Å². The summed E-state index contributed by atoms with van der Waals surface area (Å²) in [5.41, 5.74) is 7.86. The third-order valence-corrected chi connectivity index (χ3v) is 2.27. The van der Waals surface area contributed by atoms with Gasteiger partial charge in [-0.05, 0) is 19.4 Å². The molecule has 4 heteroatoms. The summed E-state index contributed by atoms with van der Waals surface area (Å²) in [5, 5.41) is 0. The molecule has 0 unspecified atom stereocenters. The van der Waals surface area contributed by atoms with E-state index in [1.54, 1.807) is 18.9 Å². The van der Waals surface area contributed by atoms with Crippen LogP contribution in [-0.2, 0) is 11.3 Å². The zero-order valence-electron chi connectivity index (χ0n) is 9.93. The molecule has 2 N–H and O–H groups in total. The summed E-state index contributed by atoms with van der Waals surface area (Å²) in [6.07, 6.45) is 0. The second-order valence-corrected chi connectivity index (χ2v) is 3.97. The van der Waals surface area contributed by atoms with E-state index in [1.807, 2.05) is 25.1 Å². The van der Waals surface area contributed by atoms with Crippen LogP contribution in [-0.4, -0.2) is 23.9 Å². The second-order valence-electron chi connectivity index (χ2n) is 3.97. The van der Waals surface area contributed by atoms with Gasteiger partial charge in [0.1, 0.15) is 0 Å². The molecule has 3 nitrogen and oxygen atoms in total. The first-order valence-electron chi connectivity index (χ1n) is 5.07. The van der Waals surface area contributed by atoms with Crippen LogP contribution >= 0.6 is 12.4 Å². The fourth-order valence-corrected chi connectivity index (χ4v) is 1.51. The number of benzene rings is 1. The number of carbonyl (C=O) groups excluding carboxylic acids is 1. The molecular formula is C12H19ClN2O. The quantitative estimate of drug-likeness (QED) is 0.878. The predicted molar refractivity (Wildman–Crippen MR) is 68.6 cm³/mol. The lowest BCUT2D eigenvalue weighted by Crippen LogP contribution is -2.39. The number of nitrogens with two attached hydrogens (primary N) is 1. The van der Waals surface area contributed by atoms with Gasteiger partial charge in [0.05, 0.1) is 6.04 Å². The molecule has 0 saturated carbocycles. The number of hydrogen-bond donors (Lipinski definition) is 1. The Morgan fingerprint density at radius 1 is 1.50 bits per heavy atom. The molecule has 0 spiro atoms. The lowest BCUT2D eigenvalue weighted by molar-refractivity contribution is -0.131. The molecule has 0 aliphatic heterocycles. The van der Waals surface area contributed by atoms with Crippen molar-refractivity contribution in [1.82, 2.24) is 4.90 Å². The minimum absolute atomic E-state index is 0. The summed E-state index contributed by atoms with van der Waals surface area (Å²) >= 11 is 0. The van der Waals surface area contributed by atoms with Crippen LogP contribution < -0.4 is 5.73 Å². The van der Waals surface area contributed by atoms with E-state index in [0.717, 1.165) is 5.56 Å². The number of aryl methyl sites for hydroxylation is 1. The Hall–Kier alpha value is -1.06. The molecule has 0 bridgehead atoms. The Bertz CT molecular complexity index is 353. The topological polar surface area (TPSA) is 46.3 Å². The van der Waals surface area contributed by atoms with Crippen LogP contribution in [0.25, 0.3) is 0 Å². The van der Waals surface area contributed by atoms with Crippen molar-refractivity contribution in [1.29, 1.82) is 0 Å². The highest BCUT2D eigenvalue weighted by Crippen LogP contribution is 2.07. The highest BCUT2D eigenvalue weighted by Gasteiger charge is 2.13. The molecule has 0 aromatic heterocycles. The first-order valence-corrected chi connectivity index (χ1v) is 5.07. The fraction of sp³-hybridized carbons (Fsp3) is 0.417. The molecular weight excluding hydrogens is 224 g/mol. The van der Waals surface area contributed by atoms with Crippen molar-refractivity contribution < 1.29 is 4.79 Å². The van der Waals surface area contributed by atoms with Crippen molar-refractivity contribution in [2.45, 2.75) is 26.4 Å². The molecule has 1 rings (SSSR count). The van der Waals surface area contributed by atoms with Gasteiger partial charge in [0.2, 0.25) is 5.91 Å². The minimum Gasteiger partial charge on any atom is -0.340 e. The Balaban J connectivity index is 0.00000225. The molecule has 0 fully saturated rings. The smallest absolute Gasteiger partial charge is 0.239 e. The second kappa shape index (κ2) is 6.51. The van der Waals surface area contributed by atoms with E-state index in [-0.39, 0.29) is 18.3 Å². The molecule has 16 heavy (non-hydrogen) atoms. The van der Waals surface area contributed by atoms with Gasteiger partial charge in [-0.1, -0.05) is 29.8 Å². The van der Waals surface area contributed by atoms with E-state index in [2.05, 4.69) is 6.07 Å². The van der Waals surface area contributed by atoms with Crippen molar-refractivity contribution >= 4 is 18.3 Å². The molecule has 1 amide bonds. The predicted octanol–water partition coefficient (Wildman–Crippen LogP) is 1.72. The Labute approximate surface area is 103 Å². The average molecular weight is 243 g/mol. The zero-order valence-corrected chi connectivity index (χ0v) is 10.8. The van der Waals surface area contributed by atoms with Crippen LogP contribution in [0, 0.1) is 6.92 Å². The molecule has 1 atom stereocenters. The lowest BCUT2D eigenvalue weighted by atomic mass is 10.1. The number of halogens is 1. The summed E-state index contributed by atoms with van der Waals surface area (Å²) in [7, 11) is 1.77. The number of rotatable bonds is 3. The van der Waals surface area contributed by atoms with Crippen LogP contribution in [0.5, 0.6) is 0 Å². The molecule has 0 aliphatic rings. The molecule has 0 heterocycles. The summed E-state index contributed by atoms with van der Waals surface area (Å²) < 4.78 is 0. The maximum Gasteiger partial charge on any atom is 0.239 e. The Morgan fingerprint density at radius 2 is 2.12 bits per heavy atom. The number of amides is 1. The standard InChI is InChI=1S/C12H18N2O.ClH/c1-9-5-4-6-11(7-9)8-14(3)12(15)10(2)13;/h4-7,10H,8,13H2,1-3H3;1H/t10-;/m0./s1. The summed E-state index contributed by atoms with van der Waals surface area (Å²) in [5.74, 6) is -0.0310. The van der Waals surface area contributed by atoms with Crippen molar-refractivity contribution in [3.63, 3.8) is 0 Å². The van der Waals surface area contributed by atoms with Crippen molar-refractivity contribution in [2.24, 2.45) is 5.73 Å². The third kappa shape index (κ3) is 4.21. The van der Waals surface area contributed by atoms with Crippen LogP contribution in [0.15, 0.2) is 24.3 Å². The maximum absolute atomic E-state index is 11.5. The van der Waals surface area contributed by atoms with E-state index >= 15 is 0 Å². The van der Waals surface area contributed by atoms with Gasteiger partial charge in [0.15, 0.2) is 0 Å². The monoisotopic (exact) mass is 242 g/mol. The Kier molecular flexibility index (Phi) is 6.08. The van der Waals surface area contributed by atoms with E-state index in [9.17, 15) is 4.79 Å². The maximum atomic E-state index is 11.5. The normalized spacial score (nSPS) is 11.5. The van der Waals surface area contributed by atoms with Gasteiger partial charge in [-0.15, -0.1) is 12.4 Å². The van der Waals surface area contributed by atoms with E-state index < -0.39 is 6.04 Å². The highest BCUT2D eigenvalue weighted by molar-refractivity contribution is 5.85. The zero-order chi connectivity index (χ0) is 11.4. The number of nitrogens with zero attached hydrogens (tertiary/aromatic N) is 1. The van der Waals surface area contributed by atoms with Gasteiger partial charge in [0, 0.05) is 13.6 Å². The first-order chi connectivity index (χ1) is 7.00. The molecule has 1 aromatic carbocycles. The average Bonchev–Trinajstić information content (AvgIpc) is 2.16. The summed E-state index contributed by atoms with van der Waals surface area (Å²) in [6, 6.07) is 7.69. The fourth-order valence-electron chi connectivity index (χ4n) is 1.51. The summed E-state index contributed by atoms with van der Waals surface area (Å²) in [4.78, 5) is 13.2. The first kappa shape index (κ1) is 14.9. The van der Waals surface area contributed by atoms with Crippen molar-refractivity contribution in [2.75, 3.05) is 7.05 Å².